The Hall–Kier alpha value is -0.740. The Labute approximate surface area is 133 Å². The fourth-order valence-electron chi connectivity index (χ4n) is 2.03. The molecule has 9 heteroatoms. The van der Waals surface area contributed by atoms with Crippen molar-refractivity contribution < 1.29 is 8.42 Å². The SMILES string of the molecule is CC(CNS(=O)(=O)c1cc(Br)cnc1NN)N(C)C1CC1. The van der Waals surface area contributed by atoms with Gasteiger partial charge in [0.15, 0.2) is 5.82 Å². The van der Waals surface area contributed by atoms with E-state index in [-0.39, 0.29) is 16.8 Å². The monoisotopic (exact) mass is 377 g/mol. The number of anilines is 1. The number of hydrogen-bond acceptors (Lipinski definition) is 6. The summed E-state index contributed by atoms with van der Waals surface area (Å²) in [6.07, 6.45) is 3.85. The van der Waals surface area contributed by atoms with Crippen molar-refractivity contribution in [1.82, 2.24) is 14.6 Å². The molecule has 1 heterocycles. The van der Waals surface area contributed by atoms with Crippen molar-refractivity contribution in [2.75, 3.05) is 19.0 Å². The first-order valence-corrected chi connectivity index (χ1v) is 8.96. The number of sulfonamides is 1. The summed E-state index contributed by atoms with van der Waals surface area (Å²) >= 11 is 3.22. The summed E-state index contributed by atoms with van der Waals surface area (Å²) in [5, 5.41) is 0. The van der Waals surface area contributed by atoms with E-state index in [0.29, 0.717) is 17.1 Å². The van der Waals surface area contributed by atoms with Gasteiger partial charge in [-0.15, -0.1) is 0 Å². The molecule has 21 heavy (non-hydrogen) atoms. The molecule has 0 aliphatic heterocycles. The average molecular weight is 378 g/mol. The lowest BCUT2D eigenvalue weighted by Crippen LogP contribution is -2.41. The van der Waals surface area contributed by atoms with E-state index in [4.69, 9.17) is 5.84 Å². The van der Waals surface area contributed by atoms with E-state index < -0.39 is 10.0 Å². The van der Waals surface area contributed by atoms with Crippen molar-refractivity contribution in [2.24, 2.45) is 5.84 Å². The number of nitrogens with one attached hydrogen (secondary N) is 2. The quantitative estimate of drug-likeness (QED) is 0.481. The molecule has 0 amide bonds. The number of pyridine rings is 1. The van der Waals surface area contributed by atoms with Crippen LogP contribution in [0.5, 0.6) is 0 Å². The summed E-state index contributed by atoms with van der Waals surface area (Å²) in [7, 11) is -1.65. The van der Waals surface area contributed by atoms with E-state index in [2.05, 4.69) is 36.0 Å². The summed E-state index contributed by atoms with van der Waals surface area (Å²) in [4.78, 5) is 6.18. The zero-order chi connectivity index (χ0) is 15.6. The van der Waals surface area contributed by atoms with Crippen LogP contribution in [-0.4, -0.2) is 44.0 Å². The number of hydrazine groups is 1. The van der Waals surface area contributed by atoms with Crippen LogP contribution in [0.15, 0.2) is 21.6 Å². The topological polar surface area (TPSA) is 100 Å². The molecule has 1 aromatic rings. The number of rotatable bonds is 7. The highest BCUT2D eigenvalue weighted by Gasteiger charge is 2.30. The van der Waals surface area contributed by atoms with Crippen molar-refractivity contribution in [1.29, 1.82) is 0 Å². The Morgan fingerprint density at radius 3 is 2.81 bits per heavy atom. The van der Waals surface area contributed by atoms with E-state index in [9.17, 15) is 8.42 Å². The maximum atomic E-state index is 12.4. The Morgan fingerprint density at radius 1 is 1.57 bits per heavy atom. The maximum absolute atomic E-state index is 12.4. The lowest BCUT2D eigenvalue weighted by molar-refractivity contribution is 0.248. The molecular formula is C12H20BrN5O2S. The van der Waals surface area contributed by atoms with E-state index in [1.807, 2.05) is 14.0 Å². The molecular weight excluding hydrogens is 358 g/mol. The van der Waals surface area contributed by atoms with Gasteiger partial charge in [-0.25, -0.2) is 24.0 Å². The highest BCUT2D eigenvalue weighted by Crippen LogP contribution is 2.27. The molecule has 7 nitrogen and oxygen atoms in total. The van der Waals surface area contributed by atoms with Crippen molar-refractivity contribution in [3.8, 4) is 0 Å². The van der Waals surface area contributed by atoms with Crippen LogP contribution in [0.4, 0.5) is 5.82 Å². The maximum Gasteiger partial charge on any atom is 0.244 e. The van der Waals surface area contributed by atoms with Gasteiger partial charge in [-0.3, -0.25) is 4.90 Å². The Morgan fingerprint density at radius 2 is 2.24 bits per heavy atom. The highest BCUT2D eigenvalue weighted by molar-refractivity contribution is 9.10. The highest BCUT2D eigenvalue weighted by atomic mass is 79.9. The number of nitrogens with zero attached hydrogens (tertiary/aromatic N) is 2. The molecule has 1 saturated carbocycles. The number of aromatic nitrogens is 1. The van der Waals surface area contributed by atoms with Crippen LogP contribution in [-0.2, 0) is 10.0 Å². The van der Waals surface area contributed by atoms with Gasteiger partial charge in [0.25, 0.3) is 0 Å². The van der Waals surface area contributed by atoms with Gasteiger partial charge in [-0.05, 0) is 48.8 Å². The molecule has 1 aliphatic carbocycles. The lowest BCUT2D eigenvalue weighted by Gasteiger charge is -2.24. The predicted octanol–water partition coefficient (Wildman–Crippen LogP) is 0.891. The summed E-state index contributed by atoms with van der Waals surface area (Å²) in [6.45, 7) is 2.34. The molecule has 1 fully saturated rings. The molecule has 0 aromatic carbocycles. The van der Waals surface area contributed by atoms with Gasteiger partial charge < -0.3 is 5.43 Å². The number of likely N-dealkylation sites (N-methyl/N-ethyl adjacent to an activating group) is 1. The molecule has 0 spiro atoms. The zero-order valence-corrected chi connectivity index (χ0v) is 14.4. The molecule has 1 atom stereocenters. The minimum absolute atomic E-state index is 0.0284. The summed E-state index contributed by atoms with van der Waals surface area (Å²) in [5.41, 5.74) is 2.31. The zero-order valence-electron chi connectivity index (χ0n) is 12.0. The third kappa shape index (κ3) is 4.13. The van der Waals surface area contributed by atoms with Gasteiger partial charge in [-0.1, -0.05) is 0 Å². The van der Waals surface area contributed by atoms with E-state index in [1.165, 1.54) is 25.1 Å². The smallest absolute Gasteiger partial charge is 0.244 e. The average Bonchev–Trinajstić information content (AvgIpc) is 3.28. The minimum atomic E-state index is -3.67. The molecule has 0 radical (unpaired) electrons. The molecule has 1 aliphatic rings. The molecule has 0 saturated heterocycles. The summed E-state index contributed by atoms with van der Waals surface area (Å²) < 4.78 is 28.0. The van der Waals surface area contributed by atoms with Crippen molar-refractivity contribution >= 4 is 31.8 Å². The normalized spacial score (nSPS) is 17.0. The molecule has 4 N–H and O–H groups in total. The second-order valence-corrected chi connectivity index (χ2v) is 7.89. The third-order valence-corrected chi connectivity index (χ3v) is 5.50. The third-order valence-electron chi connectivity index (χ3n) is 3.63. The fraction of sp³-hybridized carbons (Fsp3) is 0.583. The first kappa shape index (κ1) is 16.6. The molecule has 0 bridgehead atoms. The van der Waals surface area contributed by atoms with Gasteiger partial charge in [0, 0.05) is 29.3 Å². The van der Waals surface area contributed by atoms with Gasteiger partial charge >= 0.3 is 0 Å². The largest absolute Gasteiger partial charge is 0.307 e. The van der Waals surface area contributed by atoms with Gasteiger partial charge in [0.2, 0.25) is 10.0 Å². The Balaban J connectivity index is 2.09. The number of nitrogens with two attached hydrogens (primary N) is 1. The van der Waals surface area contributed by atoms with Crippen LogP contribution in [0.1, 0.15) is 19.8 Å². The van der Waals surface area contributed by atoms with Crippen molar-refractivity contribution in [2.45, 2.75) is 36.7 Å². The fourth-order valence-corrected chi connectivity index (χ4v) is 3.77. The van der Waals surface area contributed by atoms with Crippen molar-refractivity contribution in [3.63, 3.8) is 0 Å². The van der Waals surface area contributed by atoms with Crippen LogP contribution < -0.4 is 16.0 Å². The Kier molecular flexibility index (Phi) is 5.20. The van der Waals surface area contributed by atoms with Crippen LogP contribution in [0.3, 0.4) is 0 Å². The lowest BCUT2D eigenvalue weighted by atomic mass is 10.3. The van der Waals surface area contributed by atoms with Crippen LogP contribution in [0, 0.1) is 0 Å². The first-order chi connectivity index (χ1) is 9.85. The molecule has 2 rings (SSSR count). The molecule has 1 unspecified atom stereocenters. The van der Waals surface area contributed by atoms with Crippen LogP contribution >= 0.6 is 15.9 Å². The van der Waals surface area contributed by atoms with Crippen LogP contribution in [0.2, 0.25) is 0 Å². The van der Waals surface area contributed by atoms with E-state index in [0.717, 1.165) is 0 Å². The van der Waals surface area contributed by atoms with Gasteiger partial charge in [0.05, 0.1) is 0 Å². The summed E-state index contributed by atoms with van der Waals surface area (Å²) in [6, 6.07) is 2.18. The van der Waals surface area contributed by atoms with Crippen molar-refractivity contribution in [3.05, 3.63) is 16.7 Å². The minimum Gasteiger partial charge on any atom is -0.307 e. The summed E-state index contributed by atoms with van der Waals surface area (Å²) in [5.74, 6) is 5.44. The second kappa shape index (κ2) is 6.57. The first-order valence-electron chi connectivity index (χ1n) is 6.69. The molecule has 1 aromatic heterocycles. The van der Waals surface area contributed by atoms with E-state index >= 15 is 0 Å². The predicted molar refractivity (Wildman–Crippen MR) is 85.2 cm³/mol. The second-order valence-electron chi connectivity index (χ2n) is 5.24. The number of hydrogen-bond donors (Lipinski definition) is 3. The number of nitrogen functional groups attached to an aromatic ring is 1. The van der Waals surface area contributed by atoms with E-state index in [1.54, 1.807) is 0 Å². The molecule has 118 valence electrons. The van der Waals surface area contributed by atoms with Gasteiger partial charge in [-0.2, -0.15) is 0 Å². The van der Waals surface area contributed by atoms with Gasteiger partial charge in [0.1, 0.15) is 4.90 Å². The Bertz CT molecular complexity index is 606. The standard InChI is InChI=1S/C12H20BrN5O2S/c1-8(18(2)10-3-4-10)6-16-21(19,20)11-5-9(13)7-15-12(11)17-14/h5,7-8,10,16H,3-4,6,14H2,1-2H3,(H,15,17). The number of halogens is 1. The van der Waals surface area contributed by atoms with Crippen LogP contribution in [0.25, 0.3) is 0 Å².